The summed E-state index contributed by atoms with van der Waals surface area (Å²) in [5.74, 6) is 1.09. The molecule has 0 bridgehead atoms. The van der Waals surface area contributed by atoms with Gasteiger partial charge in [0.1, 0.15) is 11.5 Å². The SMILES string of the molecule is CC1(C)OB(c2ccc3ncc(N4CCOCC4)n3c2)OC1(C)C. The lowest BCUT2D eigenvalue weighted by Crippen LogP contribution is -2.41. The van der Waals surface area contributed by atoms with Gasteiger partial charge < -0.3 is 18.9 Å². The Hall–Kier alpha value is -1.57. The van der Waals surface area contributed by atoms with E-state index in [1.807, 2.05) is 18.3 Å². The first-order valence-corrected chi connectivity index (χ1v) is 8.53. The van der Waals surface area contributed by atoms with Gasteiger partial charge in [-0.25, -0.2) is 4.98 Å². The number of ether oxygens (including phenoxy) is 1. The lowest BCUT2D eigenvalue weighted by molar-refractivity contribution is 0.00578. The molecule has 2 fully saturated rings. The molecule has 2 aromatic rings. The summed E-state index contributed by atoms with van der Waals surface area (Å²) in [5.41, 5.74) is 1.26. The Labute approximate surface area is 142 Å². The average Bonchev–Trinajstić information content (AvgIpc) is 3.06. The third-order valence-corrected chi connectivity index (χ3v) is 5.37. The molecule has 0 aliphatic carbocycles. The van der Waals surface area contributed by atoms with Crippen LogP contribution < -0.4 is 10.4 Å². The van der Waals surface area contributed by atoms with E-state index in [9.17, 15) is 0 Å². The van der Waals surface area contributed by atoms with Crippen LogP contribution in [-0.2, 0) is 14.0 Å². The quantitative estimate of drug-likeness (QED) is 0.781. The second-order valence-corrected chi connectivity index (χ2v) is 7.49. The van der Waals surface area contributed by atoms with Crippen molar-refractivity contribution in [1.29, 1.82) is 0 Å². The number of fused-ring (bicyclic) bond motifs is 1. The number of rotatable bonds is 2. The highest BCUT2D eigenvalue weighted by atomic mass is 16.7. The number of hydrogen-bond donors (Lipinski definition) is 0. The van der Waals surface area contributed by atoms with Crippen LogP contribution in [0.3, 0.4) is 0 Å². The number of nitrogens with zero attached hydrogens (tertiary/aromatic N) is 3. The van der Waals surface area contributed by atoms with Crippen LogP contribution >= 0.6 is 0 Å². The summed E-state index contributed by atoms with van der Waals surface area (Å²) in [4.78, 5) is 6.82. The van der Waals surface area contributed by atoms with Gasteiger partial charge in [0.15, 0.2) is 0 Å². The summed E-state index contributed by atoms with van der Waals surface area (Å²) < 4.78 is 19.9. The fourth-order valence-electron chi connectivity index (χ4n) is 3.13. The maximum Gasteiger partial charge on any atom is 0.496 e. The summed E-state index contributed by atoms with van der Waals surface area (Å²) >= 11 is 0. The number of pyridine rings is 1. The van der Waals surface area contributed by atoms with Crippen molar-refractivity contribution in [2.24, 2.45) is 0 Å². The maximum atomic E-state index is 6.17. The molecular weight excluding hydrogens is 305 g/mol. The van der Waals surface area contributed by atoms with Gasteiger partial charge in [-0.15, -0.1) is 0 Å². The van der Waals surface area contributed by atoms with Crippen molar-refractivity contribution in [3.63, 3.8) is 0 Å². The van der Waals surface area contributed by atoms with Gasteiger partial charge in [-0.3, -0.25) is 4.40 Å². The molecule has 0 atom stereocenters. The van der Waals surface area contributed by atoms with Crippen molar-refractivity contribution in [1.82, 2.24) is 9.38 Å². The van der Waals surface area contributed by atoms with E-state index in [-0.39, 0.29) is 18.3 Å². The van der Waals surface area contributed by atoms with Crippen molar-refractivity contribution in [3.05, 3.63) is 24.5 Å². The predicted octanol–water partition coefficient (Wildman–Crippen LogP) is 1.47. The highest BCUT2D eigenvalue weighted by Gasteiger charge is 2.51. The molecule has 4 rings (SSSR count). The molecule has 0 aromatic carbocycles. The maximum absolute atomic E-state index is 6.17. The molecule has 128 valence electrons. The molecule has 24 heavy (non-hydrogen) atoms. The monoisotopic (exact) mass is 329 g/mol. The van der Waals surface area contributed by atoms with Crippen molar-refractivity contribution in [2.75, 3.05) is 31.2 Å². The highest BCUT2D eigenvalue weighted by molar-refractivity contribution is 6.62. The molecule has 2 aliphatic rings. The van der Waals surface area contributed by atoms with E-state index in [2.05, 4.69) is 48.2 Å². The summed E-state index contributed by atoms with van der Waals surface area (Å²) in [6.45, 7) is 11.6. The van der Waals surface area contributed by atoms with E-state index in [0.29, 0.717) is 0 Å². The number of hydrogen-bond acceptors (Lipinski definition) is 5. The number of anilines is 1. The summed E-state index contributed by atoms with van der Waals surface area (Å²) in [6, 6.07) is 4.05. The van der Waals surface area contributed by atoms with Crippen molar-refractivity contribution in [3.8, 4) is 0 Å². The highest BCUT2D eigenvalue weighted by Crippen LogP contribution is 2.36. The molecular formula is C17H24BN3O3. The number of imidazole rings is 1. The van der Waals surface area contributed by atoms with Crippen LogP contribution in [0.4, 0.5) is 5.82 Å². The molecule has 0 spiro atoms. The second kappa shape index (κ2) is 5.47. The minimum atomic E-state index is -0.362. The van der Waals surface area contributed by atoms with Gasteiger partial charge in [-0.2, -0.15) is 0 Å². The molecule has 2 saturated heterocycles. The van der Waals surface area contributed by atoms with Crippen LogP contribution in [-0.4, -0.2) is 54.0 Å². The topological polar surface area (TPSA) is 48.2 Å². The molecule has 2 aliphatic heterocycles. The molecule has 0 amide bonds. The van der Waals surface area contributed by atoms with Crippen LogP contribution in [0, 0.1) is 0 Å². The minimum Gasteiger partial charge on any atom is -0.399 e. The van der Waals surface area contributed by atoms with Crippen molar-refractivity contribution >= 4 is 24.0 Å². The van der Waals surface area contributed by atoms with Crippen LogP contribution in [0.5, 0.6) is 0 Å². The zero-order valence-electron chi connectivity index (χ0n) is 14.8. The lowest BCUT2D eigenvalue weighted by atomic mass is 9.80. The first-order chi connectivity index (χ1) is 11.4. The molecule has 0 radical (unpaired) electrons. The molecule has 0 unspecified atom stereocenters. The van der Waals surface area contributed by atoms with Crippen LogP contribution in [0.1, 0.15) is 27.7 Å². The van der Waals surface area contributed by atoms with E-state index >= 15 is 0 Å². The summed E-state index contributed by atoms with van der Waals surface area (Å²) in [7, 11) is -0.362. The lowest BCUT2D eigenvalue weighted by Gasteiger charge is -2.32. The normalized spacial score (nSPS) is 23.2. The Morgan fingerprint density at radius 3 is 2.38 bits per heavy atom. The third kappa shape index (κ3) is 2.51. The number of aromatic nitrogens is 2. The largest absolute Gasteiger partial charge is 0.496 e. The molecule has 0 N–H and O–H groups in total. The Morgan fingerprint density at radius 1 is 1.04 bits per heavy atom. The van der Waals surface area contributed by atoms with Gasteiger partial charge in [0, 0.05) is 19.3 Å². The summed E-state index contributed by atoms with van der Waals surface area (Å²) in [5, 5.41) is 0. The Kier molecular flexibility index (Phi) is 3.63. The van der Waals surface area contributed by atoms with E-state index < -0.39 is 0 Å². The smallest absolute Gasteiger partial charge is 0.399 e. The standard InChI is InChI=1S/C17H24BN3O3/c1-16(2)17(3,4)24-18(23-16)13-5-6-14-19-11-15(21(14)12-13)20-7-9-22-10-8-20/h5-6,11-12H,7-10H2,1-4H3. The summed E-state index contributed by atoms with van der Waals surface area (Å²) in [6.07, 6.45) is 4.00. The Bertz CT molecular complexity index is 737. The van der Waals surface area contributed by atoms with Crippen LogP contribution in [0.25, 0.3) is 5.65 Å². The Balaban J connectivity index is 1.68. The fraction of sp³-hybridized carbons (Fsp3) is 0.588. The van der Waals surface area contributed by atoms with E-state index in [4.69, 9.17) is 14.0 Å². The van der Waals surface area contributed by atoms with Crippen molar-refractivity contribution < 1.29 is 14.0 Å². The molecule has 7 heteroatoms. The first-order valence-electron chi connectivity index (χ1n) is 8.53. The van der Waals surface area contributed by atoms with E-state index in [0.717, 1.165) is 43.2 Å². The van der Waals surface area contributed by atoms with Crippen LogP contribution in [0.2, 0.25) is 0 Å². The van der Waals surface area contributed by atoms with E-state index in [1.165, 1.54) is 0 Å². The Morgan fingerprint density at radius 2 is 1.71 bits per heavy atom. The third-order valence-electron chi connectivity index (χ3n) is 5.37. The van der Waals surface area contributed by atoms with Gasteiger partial charge in [0.2, 0.25) is 0 Å². The van der Waals surface area contributed by atoms with Gasteiger partial charge in [0.05, 0.1) is 30.6 Å². The zero-order valence-corrected chi connectivity index (χ0v) is 14.8. The van der Waals surface area contributed by atoms with Gasteiger partial charge >= 0.3 is 7.12 Å². The second-order valence-electron chi connectivity index (χ2n) is 7.49. The van der Waals surface area contributed by atoms with Crippen molar-refractivity contribution in [2.45, 2.75) is 38.9 Å². The minimum absolute atomic E-state index is 0.339. The first kappa shape index (κ1) is 15.9. The average molecular weight is 329 g/mol. The molecule has 2 aromatic heterocycles. The van der Waals surface area contributed by atoms with Gasteiger partial charge in [0.25, 0.3) is 0 Å². The molecule has 6 nitrogen and oxygen atoms in total. The zero-order chi connectivity index (χ0) is 16.9. The predicted molar refractivity (Wildman–Crippen MR) is 93.9 cm³/mol. The van der Waals surface area contributed by atoms with Crippen LogP contribution in [0.15, 0.2) is 24.5 Å². The fourth-order valence-corrected chi connectivity index (χ4v) is 3.13. The van der Waals surface area contributed by atoms with E-state index in [1.54, 1.807) is 0 Å². The molecule has 4 heterocycles. The number of morpholine rings is 1. The van der Waals surface area contributed by atoms with Gasteiger partial charge in [-0.1, -0.05) is 6.07 Å². The van der Waals surface area contributed by atoms with Gasteiger partial charge in [-0.05, 0) is 39.2 Å². The molecule has 0 saturated carbocycles.